The van der Waals surface area contributed by atoms with E-state index in [0.29, 0.717) is 12.1 Å². The van der Waals surface area contributed by atoms with Crippen molar-refractivity contribution in [2.75, 3.05) is 6.54 Å². The van der Waals surface area contributed by atoms with Crippen molar-refractivity contribution in [2.45, 2.75) is 68.6 Å². The van der Waals surface area contributed by atoms with Gasteiger partial charge >= 0.3 is 0 Å². The molecule has 1 saturated heterocycles. The Hall–Kier alpha value is -0.860. The van der Waals surface area contributed by atoms with Gasteiger partial charge in [-0.3, -0.25) is 0 Å². The van der Waals surface area contributed by atoms with E-state index in [4.69, 9.17) is 4.74 Å². The van der Waals surface area contributed by atoms with Crippen molar-refractivity contribution in [3.05, 3.63) is 35.9 Å². The fraction of sp³-hybridized carbons (Fsp3) is 0.667. The van der Waals surface area contributed by atoms with Gasteiger partial charge in [-0.05, 0) is 37.7 Å². The molecule has 1 heterocycles. The summed E-state index contributed by atoms with van der Waals surface area (Å²) in [5.74, 6) is 0.734. The average Bonchev–Trinajstić information content (AvgIpc) is 2.94. The van der Waals surface area contributed by atoms with E-state index in [2.05, 4.69) is 35.6 Å². The van der Waals surface area contributed by atoms with Crippen LogP contribution < -0.4 is 5.32 Å². The lowest BCUT2D eigenvalue weighted by molar-refractivity contribution is -0.0352. The molecular weight excluding hydrogens is 246 g/mol. The summed E-state index contributed by atoms with van der Waals surface area (Å²) in [6.45, 7) is 1.05. The zero-order chi connectivity index (χ0) is 13.4. The molecule has 2 aliphatic carbocycles. The quantitative estimate of drug-likeness (QED) is 0.903. The van der Waals surface area contributed by atoms with Gasteiger partial charge in [-0.1, -0.05) is 43.2 Å². The van der Waals surface area contributed by atoms with Crippen LogP contribution in [0.1, 0.15) is 56.4 Å². The summed E-state index contributed by atoms with van der Waals surface area (Å²) in [7, 11) is 0. The van der Waals surface area contributed by atoms with Gasteiger partial charge in [0.1, 0.15) is 0 Å². The first-order valence-electron chi connectivity index (χ1n) is 8.31. The first-order chi connectivity index (χ1) is 9.85. The monoisotopic (exact) mass is 271 g/mol. The third kappa shape index (κ3) is 2.51. The van der Waals surface area contributed by atoms with Gasteiger partial charge in [0.05, 0.1) is 11.7 Å². The van der Waals surface area contributed by atoms with Gasteiger partial charge in [-0.15, -0.1) is 0 Å². The van der Waals surface area contributed by atoms with E-state index in [1.165, 1.54) is 50.5 Å². The van der Waals surface area contributed by atoms with Crippen LogP contribution in [-0.4, -0.2) is 24.3 Å². The standard InChI is InChI=1S/C18H25NO/c1-2-6-14(7-3-1)16-12-17(16)19-13-15-8-11-18(20-15)9-4-5-10-18/h1-3,6-7,15-17,19H,4-5,8-13H2. The van der Waals surface area contributed by atoms with Crippen molar-refractivity contribution in [3.63, 3.8) is 0 Å². The van der Waals surface area contributed by atoms with Gasteiger partial charge in [0.15, 0.2) is 0 Å². The average molecular weight is 271 g/mol. The first kappa shape index (κ1) is 12.8. The number of nitrogens with one attached hydrogen (secondary N) is 1. The molecule has 1 spiro atoms. The van der Waals surface area contributed by atoms with Gasteiger partial charge in [0.2, 0.25) is 0 Å². The summed E-state index contributed by atoms with van der Waals surface area (Å²) in [6, 6.07) is 11.6. The molecule has 4 rings (SSSR count). The molecule has 20 heavy (non-hydrogen) atoms. The van der Waals surface area contributed by atoms with E-state index < -0.39 is 0 Å². The SMILES string of the molecule is c1ccc(C2CC2NCC2CCC3(CCCC3)O2)cc1. The molecule has 0 radical (unpaired) electrons. The highest BCUT2D eigenvalue weighted by Gasteiger charge is 2.43. The Morgan fingerprint density at radius 2 is 1.90 bits per heavy atom. The van der Waals surface area contributed by atoms with Crippen molar-refractivity contribution in [2.24, 2.45) is 0 Å². The molecule has 1 aromatic rings. The number of rotatable bonds is 4. The number of ether oxygens (including phenoxy) is 1. The Morgan fingerprint density at radius 3 is 2.70 bits per heavy atom. The smallest absolute Gasteiger partial charge is 0.0708 e. The second kappa shape index (κ2) is 5.16. The fourth-order valence-electron chi connectivity index (χ4n) is 4.20. The normalized spacial score (nSPS) is 34.7. The van der Waals surface area contributed by atoms with Gasteiger partial charge in [0, 0.05) is 18.5 Å². The minimum atomic E-state index is 0.286. The molecule has 1 aromatic carbocycles. The lowest BCUT2D eigenvalue weighted by Gasteiger charge is -2.24. The molecule has 1 N–H and O–H groups in total. The maximum absolute atomic E-state index is 6.37. The maximum Gasteiger partial charge on any atom is 0.0708 e. The third-order valence-corrected chi connectivity index (χ3v) is 5.48. The van der Waals surface area contributed by atoms with Gasteiger partial charge in [0.25, 0.3) is 0 Å². The van der Waals surface area contributed by atoms with Crippen LogP contribution in [-0.2, 0) is 4.74 Å². The molecule has 3 atom stereocenters. The molecule has 3 unspecified atom stereocenters. The van der Waals surface area contributed by atoms with E-state index in [1.54, 1.807) is 0 Å². The zero-order valence-electron chi connectivity index (χ0n) is 12.2. The van der Waals surface area contributed by atoms with E-state index >= 15 is 0 Å². The van der Waals surface area contributed by atoms with Gasteiger partial charge in [-0.25, -0.2) is 0 Å². The van der Waals surface area contributed by atoms with Crippen molar-refractivity contribution < 1.29 is 4.74 Å². The van der Waals surface area contributed by atoms with Crippen molar-refractivity contribution in [1.29, 1.82) is 0 Å². The Morgan fingerprint density at radius 1 is 1.10 bits per heavy atom. The topological polar surface area (TPSA) is 21.3 Å². The van der Waals surface area contributed by atoms with E-state index in [-0.39, 0.29) is 5.60 Å². The highest BCUT2D eigenvalue weighted by atomic mass is 16.5. The molecule has 2 heteroatoms. The Bertz CT molecular complexity index is 452. The van der Waals surface area contributed by atoms with Crippen LogP contribution in [0, 0.1) is 0 Å². The summed E-state index contributed by atoms with van der Waals surface area (Å²) in [5.41, 5.74) is 1.78. The van der Waals surface area contributed by atoms with Crippen molar-refractivity contribution >= 4 is 0 Å². The molecule has 0 amide bonds. The van der Waals surface area contributed by atoms with Gasteiger partial charge < -0.3 is 10.1 Å². The third-order valence-electron chi connectivity index (χ3n) is 5.48. The van der Waals surface area contributed by atoms with Crippen LogP contribution in [0.3, 0.4) is 0 Å². The summed E-state index contributed by atoms with van der Waals surface area (Å²) >= 11 is 0. The lowest BCUT2D eigenvalue weighted by atomic mass is 9.98. The Kier molecular flexibility index (Phi) is 3.31. The molecule has 108 valence electrons. The minimum Gasteiger partial charge on any atom is -0.370 e. The summed E-state index contributed by atoms with van der Waals surface area (Å²) < 4.78 is 6.37. The van der Waals surface area contributed by atoms with Crippen LogP contribution in [0.15, 0.2) is 30.3 Å². The van der Waals surface area contributed by atoms with E-state index in [9.17, 15) is 0 Å². The highest BCUT2D eigenvalue weighted by molar-refractivity contribution is 5.27. The van der Waals surface area contributed by atoms with Crippen molar-refractivity contribution in [1.82, 2.24) is 5.32 Å². The highest BCUT2D eigenvalue weighted by Crippen LogP contribution is 2.44. The van der Waals surface area contributed by atoms with Crippen LogP contribution in [0.5, 0.6) is 0 Å². The summed E-state index contributed by atoms with van der Waals surface area (Å²) in [4.78, 5) is 0. The first-order valence-corrected chi connectivity index (χ1v) is 8.31. The lowest BCUT2D eigenvalue weighted by Crippen LogP contribution is -2.32. The van der Waals surface area contributed by atoms with E-state index in [1.807, 2.05) is 0 Å². The predicted molar refractivity (Wildman–Crippen MR) is 80.9 cm³/mol. The predicted octanol–water partition coefficient (Wildman–Crippen LogP) is 3.62. The largest absolute Gasteiger partial charge is 0.370 e. The van der Waals surface area contributed by atoms with Crippen LogP contribution in [0.2, 0.25) is 0 Å². The zero-order valence-corrected chi connectivity index (χ0v) is 12.2. The van der Waals surface area contributed by atoms with Gasteiger partial charge in [-0.2, -0.15) is 0 Å². The van der Waals surface area contributed by atoms with Crippen LogP contribution >= 0.6 is 0 Å². The Balaban J connectivity index is 1.25. The molecular formula is C18H25NO. The number of hydrogen-bond donors (Lipinski definition) is 1. The molecule has 1 aliphatic heterocycles. The van der Waals surface area contributed by atoms with Crippen LogP contribution in [0.25, 0.3) is 0 Å². The molecule has 3 fully saturated rings. The number of benzene rings is 1. The molecule has 2 saturated carbocycles. The molecule has 3 aliphatic rings. The second-order valence-corrected chi connectivity index (χ2v) is 6.94. The summed E-state index contributed by atoms with van der Waals surface area (Å²) in [5, 5.41) is 3.73. The molecule has 0 bridgehead atoms. The maximum atomic E-state index is 6.37. The van der Waals surface area contributed by atoms with E-state index in [0.717, 1.165) is 12.5 Å². The summed E-state index contributed by atoms with van der Waals surface area (Å²) in [6.07, 6.45) is 9.67. The Labute approximate surface area is 121 Å². The molecule has 0 aromatic heterocycles. The van der Waals surface area contributed by atoms with Crippen molar-refractivity contribution in [3.8, 4) is 0 Å². The minimum absolute atomic E-state index is 0.286. The molecule has 2 nitrogen and oxygen atoms in total. The number of hydrogen-bond acceptors (Lipinski definition) is 2. The fourth-order valence-corrected chi connectivity index (χ4v) is 4.20. The second-order valence-electron chi connectivity index (χ2n) is 6.94. The van der Waals surface area contributed by atoms with Crippen LogP contribution in [0.4, 0.5) is 0 Å².